The third-order valence-electron chi connectivity index (χ3n) is 4.57. The average molecular weight is 255 g/mol. The third-order valence-corrected chi connectivity index (χ3v) is 4.57. The lowest BCUT2D eigenvalue weighted by atomic mass is 9.70. The first-order valence-corrected chi connectivity index (χ1v) is 7.77. The van der Waals surface area contributed by atoms with E-state index in [1.54, 1.807) is 0 Å². The van der Waals surface area contributed by atoms with Crippen molar-refractivity contribution < 1.29 is 9.47 Å². The van der Waals surface area contributed by atoms with Crippen molar-refractivity contribution in [2.45, 2.75) is 64.0 Å². The maximum absolute atomic E-state index is 6.24. The van der Waals surface area contributed by atoms with Gasteiger partial charge in [-0.25, -0.2) is 0 Å². The minimum Gasteiger partial charge on any atom is -0.381 e. The second kappa shape index (κ2) is 6.88. The molecule has 0 aromatic rings. The molecule has 0 aromatic heterocycles. The summed E-state index contributed by atoms with van der Waals surface area (Å²) in [5, 5.41) is 3.79. The van der Waals surface area contributed by atoms with E-state index in [1.165, 1.54) is 25.7 Å². The van der Waals surface area contributed by atoms with Crippen LogP contribution in [0, 0.1) is 5.92 Å². The molecule has 106 valence electrons. The fourth-order valence-electron chi connectivity index (χ4n) is 3.40. The SMILES string of the molecule is CCCNC(C1CCC1)C1(OCC)CCOCC1. The molecule has 1 unspecified atom stereocenters. The summed E-state index contributed by atoms with van der Waals surface area (Å²) in [4.78, 5) is 0. The third kappa shape index (κ3) is 3.06. The highest BCUT2D eigenvalue weighted by Gasteiger charge is 2.45. The van der Waals surface area contributed by atoms with Gasteiger partial charge in [-0.1, -0.05) is 13.3 Å². The summed E-state index contributed by atoms with van der Waals surface area (Å²) in [6, 6.07) is 0.537. The summed E-state index contributed by atoms with van der Waals surface area (Å²) in [6.07, 6.45) is 7.45. The van der Waals surface area contributed by atoms with Crippen LogP contribution in [0.2, 0.25) is 0 Å². The number of rotatable bonds is 7. The van der Waals surface area contributed by atoms with Crippen LogP contribution in [0.3, 0.4) is 0 Å². The quantitative estimate of drug-likeness (QED) is 0.759. The highest BCUT2D eigenvalue weighted by molar-refractivity contribution is 5.00. The Morgan fingerprint density at radius 3 is 2.50 bits per heavy atom. The molecule has 1 aliphatic carbocycles. The predicted molar refractivity (Wildman–Crippen MR) is 73.8 cm³/mol. The fraction of sp³-hybridized carbons (Fsp3) is 1.00. The van der Waals surface area contributed by atoms with Crippen LogP contribution in [0.1, 0.15) is 52.4 Å². The minimum atomic E-state index is 0.0350. The molecular formula is C15H29NO2. The van der Waals surface area contributed by atoms with Crippen LogP contribution < -0.4 is 5.32 Å². The molecule has 18 heavy (non-hydrogen) atoms. The van der Waals surface area contributed by atoms with Crippen molar-refractivity contribution in [1.82, 2.24) is 5.32 Å². The van der Waals surface area contributed by atoms with Crippen molar-refractivity contribution in [2.75, 3.05) is 26.4 Å². The molecule has 1 atom stereocenters. The van der Waals surface area contributed by atoms with Crippen molar-refractivity contribution in [3.8, 4) is 0 Å². The molecule has 1 N–H and O–H groups in total. The van der Waals surface area contributed by atoms with Gasteiger partial charge < -0.3 is 14.8 Å². The molecule has 3 heteroatoms. The van der Waals surface area contributed by atoms with Crippen molar-refractivity contribution >= 4 is 0 Å². The predicted octanol–water partition coefficient (Wildman–Crippen LogP) is 2.74. The maximum atomic E-state index is 6.24. The van der Waals surface area contributed by atoms with Crippen molar-refractivity contribution in [3.63, 3.8) is 0 Å². The van der Waals surface area contributed by atoms with E-state index in [4.69, 9.17) is 9.47 Å². The Balaban J connectivity index is 2.06. The number of ether oxygens (including phenoxy) is 2. The van der Waals surface area contributed by atoms with Gasteiger partial charge in [0.1, 0.15) is 0 Å². The second-order valence-corrected chi connectivity index (χ2v) is 5.73. The van der Waals surface area contributed by atoms with Gasteiger partial charge in [-0.05, 0) is 38.6 Å². The van der Waals surface area contributed by atoms with E-state index in [0.717, 1.165) is 45.1 Å². The summed E-state index contributed by atoms with van der Waals surface area (Å²) in [7, 11) is 0. The standard InChI is InChI=1S/C15H29NO2/c1-3-10-16-14(13-6-5-7-13)15(18-4-2)8-11-17-12-9-15/h13-14,16H,3-12H2,1-2H3. The van der Waals surface area contributed by atoms with E-state index < -0.39 is 0 Å². The van der Waals surface area contributed by atoms with E-state index in [1.807, 2.05) is 0 Å². The molecule has 2 fully saturated rings. The molecule has 0 bridgehead atoms. The zero-order chi connectivity index (χ0) is 12.8. The van der Waals surface area contributed by atoms with Gasteiger partial charge in [-0.3, -0.25) is 0 Å². The number of hydrogen-bond donors (Lipinski definition) is 1. The van der Waals surface area contributed by atoms with Crippen LogP contribution in [0.4, 0.5) is 0 Å². The summed E-state index contributed by atoms with van der Waals surface area (Å²) >= 11 is 0. The van der Waals surface area contributed by atoms with Gasteiger partial charge in [-0.2, -0.15) is 0 Å². The molecular weight excluding hydrogens is 226 g/mol. The Hall–Kier alpha value is -0.120. The Labute approximate surface area is 112 Å². The number of nitrogens with one attached hydrogen (secondary N) is 1. The molecule has 0 amide bonds. The van der Waals surface area contributed by atoms with Gasteiger partial charge in [0.25, 0.3) is 0 Å². The lowest BCUT2D eigenvalue weighted by Gasteiger charge is -2.49. The molecule has 1 saturated carbocycles. The first kappa shape index (κ1) is 14.3. The van der Waals surface area contributed by atoms with Gasteiger partial charge in [0.15, 0.2) is 0 Å². The molecule has 1 heterocycles. The molecule has 1 saturated heterocycles. The molecule has 0 radical (unpaired) electrons. The van der Waals surface area contributed by atoms with Crippen LogP contribution in [0.15, 0.2) is 0 Å². The zero-order valence-electron chi connectivity index (χ0n) is 12.0. The molecule has 0 aromatic carbocycles. The topological polar surface area (TPSA) is 30.5 Å². The normalized spacial score (nSPS) is 25.7. The molecule has 3 nitrogen and oxygen atoms in total. The minimum absolute atomic E-state index is 0.0350. The lowest BCUT2D eigenvalue weighted by molar-refractivity contribution is -0.141. The van der Waals surface area contributed by atoms with Crippen LogP contribution >= 0.6 is 0 Å². The molecule has 2 aliphatic rings. The van der Waals surface area contributed by atoms with Crippen LogP contribution in [0.25, 0.3) is 0 Å². The van der Waals surface area contributed by atoms with E-state index in [-0.39, 0.29) is 5.60 Å². The van der Waals surface area contributed by atoms with E-state index in [0.29, 0.717) is 6.04 Å². The maximum Gasteiger partial charge on any atom is 0.0881 e. The van der Waals surface area contributed by atoms with Gasteiger partial charge in [0, 0.05) is 38.7 Å². The van der Waals surface area contributed by atoms with Crippen molar-refractivity contribution in [1.29, 1.82) is 0 Å². The van der Waals surface area contributed by atoms with Gasteiger partial charge >= 0.3 is 0 Å². The summed E-state index contributed by atoms with van der Waals surface area (Å²) in [6.45, 7) is 8.00. The van der Waals surface area contributed by atoms with Gasteiger partial charge in [-0.15, -0.1) is 0 Å². The van der Waals surface area contributed by atoms with Crippen LogP contribution in [-0.2, 0) is 9.47 Å². The Morgan fingerprint density at radius 1 is 1.28 bits per heavy atom. The lowest BCUT2D eigenvalue weighted by Crippen LogP contribution is -2.60. The summed E-state index contributed by atoms with van der Waals surface area (Å²) in [5.41, 5.74) is 0.0350. The molecule has 2 rings (SSSR count). The molecule has 0 spiro atoms. The van der Waals surface area contributed by atoms with Crippen LogP contribution in [0.5, 0.6) is 0 Å². The fourth-order valence-corrected chi connectivity index (χ4v) is 3.40. The Morgan fingerprint density at radius 2 is 2.00 bits per heavy atom. The largest absolute Gasteiger partial charge is 0.381 e. The first-order chi connectivity index (χ1) is 8.82. The smallest absolute Gasteiger partial charge is 0.0881 e. The second-order valence-electron chi connectivity index (χ2n) is 5.73. The molecule has 1 aliphatic heterocycles. The zero-order valence-corrected chi connectivity index (χ0v) is 12.0. The number of hydrogen-bond acceptors (Lipinski definition) is 3. The average Bonchev–Trinajstić information content (AvgIpc) is 2.33. The Kier molecular flexibility index (Phi) is 5.46. The highest BCUT2D eigenvalue weighted by Crippen LogP contribution is 2.40. The van der Waals surface area contributed by atoms with Crippen molar-refractivity contribution in [2.24, 2.45) is 5.92 Å². The summed E-state index contributed by atoms with van der Waals surface area (Å²) in [5.74, 6) is 0.821. The van der Waals surface area contributed by atoms with E-state index in [2.05, 4.69) is 19.2 Å². The van der Waals surface area contributed by atoms with E-state index >= 15 is 0 Å². The van der Waals surface area contributed by atoms with Gasteiger partial charge in [0.2, 0.25) is 0 Å². The highest BCUT2D eigenvalue weighted by atomic mass is 16.5. The van der Waals surface area contributed by atoms with Gasteiger partial charge in [0.05, 0.1) is 5.60 Å². The van der Waals surface area contributed by atoms with Crippen molar-refractivity contribution in [3.05, 3.63) is 0 Å². The van der Waals surface area contributed by atoms with E-state index in [9.17, 15) is 0 Å². The Bertz CT molecular complexity index is 229. The first-order valence-electron chi connectivity index (χ1n) is 7.77. The van der Waals surface area contributed by atoms with Crippen LogP contribution in [-0.4, -0.2) is 38.0 Å². The monoisotopic (exact) mass is 255 g/mol. The summed E-state index contributed by atoms with van der Waals surface area (Å²) < 4.78 is 11.8.